The van der Waals surface area contributed by atoms with Crippen molar-refractivity contribution >= 4 is 22.6 Å². The molecule has 0 bridgehead atoms. The van der Waals surface area contributed by atoms with Crippen LogP contribution in [0.25, 0.3) is 0 Å². The number of rotatable bonds is 4. The fraction of sp³-hybridized carbons (Fsp3) is 0.294. The van der Waals surface area contributed by atoms with Crippen molar-refractivity contribution in [3.63, 3.8) is 0 Å². The van der Waals surface area contributed by atoms with Crippen molar-refractivity contribution in [2.45, 2.75) is 32.9 Å². The molecule has 2 rings (SSSR count). The molecule has 2 aromatic rings. The largest absolute Gasteiger partial charge is 0.304 e. The van der Waals surface area contributed by atoms with E-state index in [0.29, 0.717) is 5.56 Å². The molecule has 0 spiro atoms. The van der Waals surface area contributed by atoms with Crippen LogP contribution in [0.1, 0.15) is 42.6 Å². The van der Waals surface area contributed by atoms with Gasteiger partial charge in [0, 0.05) is 15.7 Å². The minimum absolute atomic E-state index is 0.111. The van der Waals surface area contributed by atoms with Crippen molar-refractivity contribution in [2.24, 2.45) is 0 Å². The molecular weight excluding hydrogens is 364 g/mol. The Bertz CT molecular complexity index is 580. The molecule has 0 aliphatic carbocycles. The highest BCUT2D eigenvalue weighted by atomic mass is 127. The first kappa shape index (κ1) is 15.4. The molecular formula is C17H19FIN. The molecule has 0 heterocycles. The van der Waals surface area contributed by atoms with E-state index in [0.717, 1.165) is 5.56 Å². The van der Waals surface area contributed by atoms with E-state index < -0.39 is 0 Å². The molecule has 0 aromatic heterocycles. The lowest BCUT2D eigenvalue weighted by molar-refractivity contribution is 0.491. The van der Waals surface area contributed by atoms with Gasteiger partial charge in [0.1, 0.15) is 5.82 Å². The number of aryl methyl sites for hydroxylation is 1. The Labute approximate surface area is 133 Å². The SMILES string of the molecule is Cc1ccc(C(C)NC(C)c2ccc(I)cc2)cc1F. The maximum Gasteiger partial charge on any atom is 0.126 e. The summed E-state index contributed by atoms with van der Waals surface area (Å²) in [7, 11) is 0. The standard InChI is InChI=1S/C17H19FIN/c1-11-4-5-15(10-17(11)18)13(3)20-12(2)14-6-8-16(19)9-7-14/h4-10,12-13,20H,1-3H3. The topological polar surface area (TPSA) is 12.0 Å². The Kier molecular flexibility index (Phi) is 5.16. The predicted octanol–water partition coefficient (Wildman–Crippen LogP) is 5.15. The van der Waals surface area contributed by atoms with E-state index in [2.05, 4.69) is 66.0 Å². The number of nitrogens with one attached hydrogen (secondary N) is 1. The normalized spacial score (nSPS) is 14.1. The van der Waals surface area contributed by atoms with E-state index in [-0.39, 0.29) is 17.9 Å². The molecule has 0 amide bonds. The molecule has 2 atom stereocenters. The second-order valence-electron chi connectivity index (χ2n) is 5.17. The Hall–Kier alpha value is -0.940. The van der Waals surface area contributed by atoms with Gasteiger partial charge in [-0.2, -0.15) is 0 Å². The highest BCUT2D eigenvalue weighted by Gasteiger charge is 2.12. The molecule has 3 heteroatoms. The molecule has 2 unspecified atom stereocenters. The smallest absolute Gasteiger partial charge is 0.126 e. The van der Waals surface area contributed by atoms with Gasteiger partial charge in [-0.25, -0.2) is 4.39 Å². The molecule has 20 heavy (non-hydrogen) atoms. The molecule has 0 saturated carbocycles. The zero-order chi connectivity index (χ0) is 14.7. The zero-order valence-electron chi connectivity index (χ0n) is 12.0. The van der Waals surface area contributed by atoms with Crippen LogP contribution in [0.5, 0.6) is 0 Å². The maximum absolute atomic E-state index is 13.6. The lowest BCUT2D eigenvalue weighted by Gasteiger charge is -2.21. The van der Waals surface area contributed by atoms with Crippen LogP contribution in [-0.2, 0) is 0 Å². The summed E-state index contributed by atoms with van der Waals surface area (Å²) in [6, 6.07) is 14.2. The number of hydrogen-bond donors (Lipinski definition) is 1. The monoisotopic (exact) mass is 383 g/mol. The predicted molar refractivity (Wildman–Crippen MR) is 90.3 cm³/mol. The summed E-state index contributed by atoms with van der Waals surface area (Å²) < 4.78 is 14.8. The lowest BCUT2D eigenvalue weighted by Crippen LogP contribution is -2.22. The van der Waals surface area contributed by atoms with Gasteiger partial charge in [0.15, 0.2) is 0 Å². The van der Waals surface area contributed by atoms with Gasteiger partial charge in [-0.1, -0.05) is 24.3 Å². The highest BCUT2D eigenvalue weighted by molar-refractivity contribution is 14.1. The van der Waals surface area contributed by atoms with Crippen LogP contribution in [0.4, 0.5) is 4.39 Å². The van der Waals surface area contributed by atoms with Gasteiger partial charge < -0.3 is 5.32 Å². The molecule has 0 saturated heterocycles. The maximum atomic E-state index is 13.6. The van der Waals surface area contributed by atoms with Crippen LogP contribution in [-0.4, -0.2) is 0 Å². The van der Waals surface area contributed by atoms with E-state index in [1.165, 1.54) is 9.13 Å². The Balaban J connectivity index is 2.08. The molecule has 0 fully saturated rings. The quantitative estimate of drug-likeness (QED) is 0.720. The lowest BCUT2D eigenvalue weighted by atomic mass is 10.0. The molecule has 106 valence electrons. The van der Waals surface area contributed by atoms with Gasteiger partial charge in [-0.05, 0) is 78.3 Å². The van der Waals surface area contributed by atoms with Crippen LogP contribution < -0.4 is 5.32 Å². The van der Waals surface area contributed by atoms with Gasteiger partial charge in [0.2, 0.25) is 0 Å². The molecule has 2 aromatic carbocycles. The number of halogens is 2. The minimum Gasteiger partial charge on any atom is -0.304 e. The third kappa shape index (κ3) is 3.79. The second-order valence-corrected chi connectivity index (χ2v) is 6.42. The third-order valence-electron chi connectivity index (χ3n) is 3.57. The molecule has 0 aliphatic heterocycles. The van der Waals surface area contributed by atoms with E-state index in [4.69, 9.17) is 0 Å². The first-order valence-corrected chi connectivity index (χ1v) is 7.83. The molecule has 1 nitrogen and oxygen atoms in total. The van der Waals surface area contributed by atoms with Crippen LogP contribution in [0.3, 0.4) is 0 Å². The Morgan fingerprint density at radius 1 is 0.950 bits per heavy atom. The van der Waals surface area contributed by atoms with Crippen LogP contribution in [0.15, 0.2) is 42.5 Å². The highest BCUT2D eigenvalue weighted by Crippen LogP contribution is 2.21. The zero-order valence-corrected chi connectivity index (χ0v) is 14.1. The van der Waals surface area contributed by atoms with Crippen molar-refractivity contribution in [3.8, 4) is 0 Å². The van der Waals surface area contributed by atoms with E-state index in [1.54, 1.807) is 13.0 Å². The van der Waals surface area contributed by atoms with E-state index >= 15 is 0 Å². The Morgan fingerprint density at radius 3 is 2.10 bits per heavy atom. The summed E-state index contributed by atoms with van der Waals surface area (Å²) in [5.41, 5.74) is 2.90. The fourth-order valence-corrected chi connectivity index (χ4v) is 2.56. The first-order chi connectivity index (χ1) is 9.47. The fourth-order valence-electron chi connectivity index (χ4n) is 2.20. The second kappa shape index (κ2) is 6.68. The van der Waals surface area contributed by atoms with Gasteiger partial charge in [-0.3, -0.25) is 0 Å². The summed E-state index contributed by atoms with van der Waals surface area (Å²) in [6.07, 6.45) is 0. The van der Waals surface area contributed by atoms with E-state index in [1.807, 2.05) is 12.1 Å². The summed E-state index contributed by atoms with van der Waals surface area (Å²) in [6.45, 7) is 5.97. The average molecular weight is 383 g/mol. The first-order valence-electron chi connectivity index (χ1n) is 6.75. The van der Waals surface area contributed by atoms with Gasteiger partial charge >= 0.3 is 0 Å². The van der Waals surface area contributed by atoms with Crippen molar-refractivity contribution < 1.29 is 4.39 Å². The summed E-state index contributed by atoms with van der Waals surface area (Å²) >= 11 is 2.30. The summed E-state index contributed by atoms with van der Waals surface area (Å²) in [5.74, 6) is -0.141. The molecule has 0 radical (unpaired) electrons. The Morgan fingerprint density at radius 2 is 1.50 bits per heavy atom. The molecule has 0 aliphatic rings. The number of benzene rings is 2. The van der Waals surface area contributed by atoms with Crippen molar-refractivity contribution in [3.05, 3.63) is 68.5 Å². The van der Waals surface area contributed by atoms with Gasteiger partial charge in [0.05, 0.1) is 0 Å². The van der Waals surface area contributed by atoms with Crippen molar-refractivity contribution in [1.29, 1.82) is 0 Å². The number of hydrogen-bond acceptors (Lipinski definition) is 1. The van der Waals surface area contributed by atoms with Gasteiger partial charge in [0.25, 0.3) is 0 Å². The average Bonchev–Trinajstić information content (AvgIpc) is 2.42. The van der Waals surface area contributed by atoms with Crippen molar-refractivity contribution in [1.82, 2.24) is 5.32 Å². The summed E-state index contributed by atoms with van der Waals surface area (Å²) in [4.78, 5) is 0. The van der Waals surface area contributed by atoms with Crippen LogP contribution >= 0.6 is 22.6 Å². The summed E-state index contributed by atoms with van der Waals surface area (Å²) in [5, 5.41) is 3.51. The minimum atomic E-state index is -0.141. The van der Waals surface area contributed by atoms with Gasteiger partial charge in [-0.15, -0.1) is 0 Å². The van der Waals surface area contributed by atoms with Crippen LogP contribution in [0.2, 0.25) is 0 Å². The van der Waals surface area contributed by atoms with Crippen LogP contribution in [0, 0.1) is 16.3 Å². The van der Waals surface area contributed by atoms with E-state index in [9.17, 15) is 4.39 Å². The molecule has 1 N–H and O–H groups in total. The van der Waals surface area contributed by atoms with Crippen molar-refractivity contribution in [2.75, 3.05) is 0 Å². The third-order valence-corrected chi connectivity index (χ3v) is 4.29.